The smallest absolute Gasteiger partial charge is 0.220 e. The highest BCUT2D eigenvalue weighted by Gasteiger charge is 2.41. The first kappa shape index (κ1) is 13.3. The van der Waals surface area contributed by atoms with Gasteiger partial charge in [0.25, 0.3) is 0 Å². The van der Waals surface area contributed by atoms with Gasteiger partial charge < -0.3 is 10.1 Å². The second-order valence-corrected chi connectivity index (χ2v) is 6.18. The molecule has 1 atom stereocenters. The van der Waals surface area contributed by atoms with E-state index in [4.69, 9.17) is 4.74 Å². The Hall–Kier alpha value is -0.0900. The number of carbonyl (C=O) groups excluding carboxylic acids is 1. The molecule has 1 saturated heterocycles. The third-order valence-corrected chi connectivity index (χ3v) is 4.36. The summed E-state index contributed by atoms with van der Waals surface area (Å²) in [5.74, 6) is 0.196. The van der Waals surface area contributed by atoms with Crippen molar-refractivity contribution >= 4 is 21.8 Å². The predicted octanol–water partition coefficient (Wildman–Crippen LogP) is 2.63. The van der Waals surface area contributed by atoms with E-state index in [-0.39, 0.29) is 5.91 Å². The lowest BCUT2D eigenvalue weighted by Gasteiger charge is -2.15. The van der Waals surface area contributed by atoms with Crippen molar-refractivity contribution in [2.75, 3.05) is 18.5 Å². The first-order valence-electron chi connectivity index (χ1n) is 6.68. The summed E-state index contributed by atoms with van der Waals surface area (Å²) in [6, 6.07) is 0. The summed E-state index contributed by atoms with van der Waals surface area (Å²) in [6.45, 7) is 1.74. The van der Waals surface area contributed by atoms with Gasteiger partial charge in [-0.3, -0.25) is 4.79 Å². The molecule has 4 heteroatoms. The molecule has 1 aliphatic carbocycles. The van der Waals surface area contributed by atoms with Crippen molar-refractivity contribution in [2.45, 2.75) is 51.0 Å². The number of carbonyl (C=O) groups is 1. The van der Waals surface area contributed by atoms with E-state index in [0.717, 1.165) is 37.7 Å². The summed E-state index contributed by atoms with van der Waals surface area (Å²) in [6.07, 6.45) is 7.83. The summed E-state index contributed by atoms with van der Waals surface area (Å²) in [5.41, 5.74) is 0.420. The van der Waals surface area contributed by atoms with Gasteiger partial charge in [0.15, 0.2) is 0 Å². The molecule has 3 nitrogen and oxygen atoms in total. The van der Waals surface area contributed by atoms with Crippen molar-refractivity contribution in [3.63, 3.8) is 0 Å². The monoisotopic (exact) mass is 303 g/mol. The molecule has 1 aliphatic heterocycles. The van der Waals surface area contributed by atoms with Gasteiger partial charge in [0.2, 0.25) is 5.91 Å². The lowest BCUT2D eigenvalue weighted by atomic mass is 10.0. The number of halogens is 1. The summed E-state index contributed by atoms with van der Waals surface area (Å²) >= 11 is 3.48. The highest BCUT2D eigenvalue weighted by molar-refractivity contribution is 9.09. The standard InChI is InChI=1S/C13H22BrNO2/c14-8-7-13(5-6-13)10-15-12(16)4-3-11-2-1-9-17-11/h11H,1-10H2,(H,15,16). The van der Waals surface area contributed by atoms with Gasteiger partial charge in [-0.25, -0.2) is 0 Å². The molecule has 0 spiro atoms. The average molecular weight is 304 g/mol. The molecular formula is C13H22BrNO2. The molecule has 0 aromatic heterocycles. The van der Waals surface area contributed by atoms with Gasteiger partial charge in [0, 0.05) is 24.9 Å². The first-order valence-corrected chi connectivity index (χ1v) is 7.81. The zero-order valence-corrected chi connectivity index (χ0v) is 11.9. The number of alkyl halides is 1. The molecule has 2 fully saturated rings. The van der Waals surface area contributed by atoms with Gasteiger partial charge in [-0.2, -0.15) is 0 Å². The van der Waals surface area contributed by atoms with Crippen molar-refractivity contribution in [1.29, 1.82) is 0 Å². The number of ether oxygens (including phenoxy) is 1. The van der Waals surface area contributed by atoms with Crippen LogP contribution < -0.4 is 5.32 Å². The number of hydrogen-bond donors (Lipinski definition) is 1. The Bertz CT molecular complexity index is 260. The Morgan fingerprint density at radius 3 is 2.88 bits per heavy atom. The fourth-order valence-corrected chi connectivity index (χ4v) is 3.27. The van der Waals surface area contributed by atoms with Crippen LogP contribution in [0.5, 0.6) is 0 Å². The van der Waals surface area contributed by atoms with Crippen molar-refractivity contribution in [3.05, 3.63) is 0 Å². The second kappa shape index (κ2) is 6.19. The Morgan fingerprint density at radius 1 is 1.47 bits per heavy atom. The normalized spacial score (nSPS) is 25.8. The number of hydrogen-bond acceptors (Lipinski definition) is 2. The predicted molar refractivity (Wildman–Crippen MR) is 71.3 cm³/mol. The van der Waals surface area contributed by atoms with Crippen LogP contribution in [0.2, 0.25) is 0 Å². The van der Waals surface area contributed by atoms with Crippen LogP contribution in [0, 0.1) is 5.41 Å². The van der Waals surface area contributed by atoms with E-state index in [1.165, 1.54) is 19.3 Å². The summed E-state index contributed by atoms with van der Waals surface area (Å²) in [7, 11) is 0. The molecule has 98 valence electrons. The lowest BCUT2D eigenvalue weighted by Crippen LogP contribution is -2.30. The molecule has 2 rings (SSSR count). The molecule has 0 bridgehead atoms. The fraction of sp³-hybridized carbons (Fsp3) is 0.923. The lowest BCUT2D eigenvalue weighted by molar-refractivity contribution is -0.122. The third-order valence-electron chi connectivity index (χ3n) is 3.96. The molecule has 2 aliphatic rings. The fourth-order valence-electron chi connectivity index (χ4n) is 2.43. The Kier molecular flexibility index (Phi) is 4.86. The van der Waals surface area contributed by atoms with E-state index < -0.39 is 0 Å². The van der Waals surface area contributed by atoms with Crippen LogP contribution in [0.1, 0.15) is 44.9 Å². The van der Waals surface area contributed by atoms with Crippen LogP contribution in [-0.2, 0) is 9.53 Å². The Morgan fingerprint density at radius 2 is 2.29 bits per heavy atom. The third kappa shape index (κ3) is 4.25. The van der Waals surface area contributed by atoms with E-state index in [9.17, 15) is 4.79 Å². The zero-order chi connectivity index (χ0) is 12.1. The SMILES string of the molecule is O=C(CCC1CCCO1)NCC1(CCBr)CC1. The first-order chi connectivity index (χ1) is 8.24. The minimum Gasteiger partial charge on any atom is -0.378 e. The van der Waals surface area contributed by atoms with Crippen LogP contribution >= 0.6 is 15.9 Å². The summed E-state index contributed by atoms with van der Waals surface area (Å²) in [5, 5.41) is 4.12. The van der Waals surface area contributed by atoms with Crippen LogP contribution in [0.15, 0.2) is 0 Å². The van der Waals surface area contributed by atoms with Crippen LogP contribution in [-0.4, -0.2) is 30.5 Å². The maximum absolute atomic E-state index is 11.7. The zero-order valence-electron chi connectivity index (χ0n) is 10.3. The topological polar surface area (TPSA) is 38.3 Å². The van der Waals surface area contributed by atoms with Gasteiger partial charge in [0.05, 0.1) is 6.10 Å². The Labute approximate surface area is 112 Å². The van der Waals surface area contributed by atoms with Gasteiger partial charge >= 0.3 is 0 Å². The number of rotatable bonds is 7. The van der Waals surface area contributed by atoms with E-state index in [1.807, 2.05) is 0 Å². The van der Waals surface area contributed by atoms with Gasteiger partial charge in [-0.1, -0.05) is 15.9 Å². The van der Waals surface area contributed by atoms with E-state index in [2.05, 4.69) is 21.2 Å². The van der Waals surface area contributed by atoms with Gasteiger partial charge in [-0.15, -0.1) is 0 Å². The van der Waals surface area contributed by atoms with E-state index in [0.29, 0.717) is 17.9 Å². The minimum absolute atomic E-state index is 0.196. The van der Waals surface area contributed by atoms with Crippen LogP contribution in [0.4, 0.5) is 0 Å². The maximum Gasteiger partial charge on any atom is 0.220 e. The molecule has 0 aromatic rings. The number of amides is 1. The second-order valence-electron chi connectivity index (χ2n) is 5.39. The molecular weight excluding hydrogens is 282 g/mol. The molecule has 0 aromatic carbocycles. The molecule has 1 unspecified atom stereocenters. The highest BCUT2D eigenvalue weighted by atomic mass is 79.9. The van der Waals surface area contributed by atoms with E-state index in [1.54, 1.807) is 0 Å². The molecule has 17 heavy (non-hydrogen) atoms. The minimum atomic E-state index is 0.196. The molecule has 1 amide bonds. The summed E-state index contributed by atoms with van der Waals surface area (Å²) in [4.78, 5) is 11.7. The highest BCUT2D eigenvalue weighted by Crippen LogP contribution is 2.48. The molecule has 1 saturated carbocycles. The molecule has 1 heterocycles. The van der Waals surface area contributed by atoms with Gasteiger partial charge in [0.1, 0.15) is 0 Å². The van der Waals surface area contributed by atoms with Crippen molar-refractivity contribution in [2.24, 2.45) is 5.41 Å². The van der Waals surface area contributed by atoms with Crippen LogP contribution in [0.3, 0.4) is 0 Å². The van der Waals surface area contributed by atoms with E-state index >= 15 is 0 Å². The van der Waals surface area contributed by atoms with Crippen molar-refractivity contribution in [3.8, 4) is 0 Å². The maximum atomic E-state index is 11.7. The summed E-state index contributed by atoms with van der Waals surface area (Å²) < 4.78 is 5.51. The largest absolute Gasteiger partial charge is 0.378 e. The van der Waals surface area contributed by atoms with Crippen molar-refractivity contribution < 1.29 is 9.53 Å². The molecule has 1 N–H and O–H groups in total. The average Bonchev–Trinajstić information content (AvgIpc) is 2.90. The quantitative estimate of drug-likeness (QED) is 0.734. The van der Waals surface area contributed by atoms with Crippen LogP contribution in [0.25, 0.3) is 0 Å². The van der Waals surface area contributed by atoms with Gasteiger partial charge in [-0.05, 0) is 43.9 Å². The Balaban J connectivity index is 1.57. The van der Waals surface area contributed by atoms with Crippen molar-refractivity contribution in [1.82, 2.24) is 5.32 Å². The molecule has 0 radical (unpaired) electrons. The number of nitrogens with one attached hydrogen (secondary N) is 1.